The monoisotopic (exact) mass is 316 g/mol. The minimum Gasteiger partial charge on any atom is -0.297 e. The zero-order valence-electron chi connectivity index (χ0n) is 14.5. The molecular weight excluding hydrogens is 288 g/mol. The van der Waals surface area contributed by atoms with Gasteiger partial charge in [-0.2, -0.15) is 9.78 Å². The molecule has 0 aromatic rings. The average Bonchev–Trinajstić information content (AvgIpc) is 2.41. The SMILES string of the molecule is CC(C)(C)OOC(=O)C1(C(=O)OOC(C)(C)C)CCCCC1. The summed E-state index contributed by atoms with van der Waals surface area (Å²) in [4.78, 5) is 44.8. The molecule has 0 amide bonds. The van der Waals surface area contributed by atoms with Crippen LogP contribution in [0.3, 0.4) is 0 Å². The molecule has 0 atom stereocenters. The van der Waals surface area contributed by atoms with E-state index in [4.69, 9.17) is 19.6 Å². The van der Waals surface area contributed by atoms with Gasteiger partial charge in [0.15, 0.2) is 5.41 Å². The van der Waals surface area contributed by atoms with Crippen molar-refractivity contribution in [3.05, 3.63) is 0 Å². The molecule has 1 saturated carbocycles. The van der Waals surface area contributed by atoms with E-state index in [1.54, 1.807) is 41.5 Å². The van der Waals surface area contributed by atoms with Gasteiger partial charge in [-0.3, -0.25) is 9.78 Å². The third kappa shape index (κ3) is 5.57. The third-order valence-electron chi connectivity index (χ3n) is 3.22. The maximum Gasteiger partial charge on any atom is 0.359 e. The Morgan fingerprint density at radius 2 is 1.09 bits per heavy atom. The van der Waals surface area contributed by atoms with Gasteiger partial charge >= 0.3 is 11.9 Å². The largest absolute Gasteiger partial charge is 0.359 e. The molecule has 1 aliphatic carbocycles. The van der Waals surface area contributed by atoms with Gasteiger partial charge in [-0.1, -0.05) is 19.3 Å². The van der Waals surface area contributed by atoms with Crippen LogP contribution in [0.1, 0.15) is 73.6 Å². The number of hydrogen-bond acceptors (Lipinski definition) is 6. The van der Waals surface area contributed by atoms with Crippen LogP contribution in [0.25, 0.3) is 0 Å². The summed E-state index contributed by atoms with van der Waals surface area (Å²) in [6.07, 6.45) is 3.25. The fourth-order valence-corrected chi connectivity index (χ4v) is 2.13. The molecule has 0 N–H and O–H groups in total. The molecule has 6 heteroatoms. The zero-order valence-corrected chi connectivity index (χ0v) is 14.5. The Hall–Kier alpha value is -1.14. The molecule has 1 aliphatic rings. The van der Waals surface area contributed by atoms with Gasteiger partial charge in [0, 0.05) is 0 Å². The molecule has 0 aliphatic heterocycles. The van der Waals surface area contributed by atoms with Crippen LogP contribution in [-0.2, 0) is 29.1 Å². The Balaban J connectivity index is 2.80. The minimum absolute atomic E-state index is 0.381. The summed E-state index contributed by atoms with van der Waals surface area (Å²) < 4.78 is 0. The highest BCUT2D eigenvalue weighted by Crippen LogP contribution is 2.39. The van der Waals surface area contributed by atoms with Crippen LogP contribution < -0.4 is 0 Å². The highest BCUT2D eigenvalue weighted by atomic mass is 17.2. The van der Waals surface area contributed by atoms with E-state index in [9.17, 15) is 9.59 Å². The van der Waals surface area contributed by atoms with Crippen LogP contribution in [0, 0.1) is 5.41 Å². The molecule has 0 bridgehead atoms. The first-order chi connectivity index (χ1) is 9.96. The fourth-order valence-electron chi connectivity index (χ4n) is 2.13. The number of carbonyl (C=O) groups is 2. The van der Waals surface area contributed by atoms with Crippen molar-refractivity contribution in [3.8, 4) is 0 Å². The lowest BCUT2D eigenvalue weighted by molar-refractivity contribution is -0.340. The summed E-state index contributed by atoms with van der Waals surface area (Å²) in [7, 11) is 0. The molecule has 128 valence electrons. The first-order valence-electron chi connectivity index (χ1n) is 7.77. The Labute approximate surface area is 132 Å². The molecule has 0 saturated heterocycles. The number of carbonyl (C=O) groups excluding carboxylic acids is 2. The zero-order chi connectivity index (χ0) is 17.0. The molecule has 1 fully saturated rings. The van der Waals surface area contributed by atoms with Gasteiger partial charge in [-0.15, -0.1) is 0 Å². The quantitative estimate of drug-likeness (QED) is 0.449. The molecule has 0 unspecified atom stereocenters. The molecular formula is C16H28O6. The van der Waals surface area contributed by atoms with E-state index in [2.05, 4.69) is 0 Å². The van der Waals surface area contributed by atoms with E-state index in [1.165, 1.54) is 0 Å². The lowest BCUT2D eigenvalue weighted by Crippen LogP contribution is -2.45. The highest BCUT2D eigenvalue weighted by Gasteiger charge is 2.51. The molecule has 0 radical (unpaired) electrons. The van der Waals surface area contributed by atoms with Gasteiger partial charge in [-0.05, 0) is 54.4 Å². The Morgan fingerprint density at radius 3 is 1.41 bits per heavy atom. The van der Waals surface area contributed by atoms with E-state index in [0.29, 0.717) is 12.8 Å². The molecule has 22 heavy (non-hydrogen) atoms. The summed E-state index contributed by atoms with van der Waals surface area (Å²) in [5.74, 6) is -1.41. The highest BCUT2D eigenvalue weighted by molar-refractivity contribution is 5.99. The summed E-state index contributed by atoms with van der Waals surface area (Å²) in [5, 5.41) is 0. The van der Waals surface area contributed by atoms with Crippen LogP contribution in [0.15, 0.2) is 0 Å². The van der Waals surface area contributed by atoms with E-state index < -0.39 is 28.6 Å². The Kier molecular flexibility index (Phi) is 5.98. The van der Waals surface area contributed by atoms with Crippen LogP contribution in [0.4, 0.5) is 0 Å². The lowest BCUT2D eigenvalue weighted by Gasteiger charge is -2.32. The Bertz CT molecular complexity index is 364. The molecule has 0 spiro atoms. The molecule has 0 aromatic heterocycles. The lowest BCUT2D eigenvalue weighted by atomic mass is 9.74. The fraction of sp³-hybridized carbons (Fsp3) is 0.875. The van der Waals surface area contributed by atoms with Gasteiger partial charge in [0.25, 0.3) is 0 Å². The average molecular weight is 316 g/mol. The smallest absolute Gasteiger partial charge is 0.297 e. The van der Waals surface area contributed by atoms with Crippen LogP contribution >= 0.6 is 0 Å². The van der Waals surface area contributed by atoms with Crippen molar-refractivity contribution in [1.82, 2.24) is 0 Å². The van der Waals surface area contributed by atoms with Crippen molar-refractivity contribution < 1.29 is 29.1 Å². The van der Waals surface area contributed by atoms with E-state index in [1.807, 2.05) is 0 Å². The first kappa shape index (κ1) is 18.9. The third-order valence-corrected chi connectivity index (χ3v) is 3.22. The van der Waals surface area contributed by atoms with Gasteiger partial charge in [0.1, 0.15) is 11.2 Å². The molecule has 0 heterocycles. The second-order valence-corrected chi connectivity index (χ2v) is 7.78. The summed E-state index contributed by atoms with van der Waals surface area (Å²) in [6.45, 7) is 10.6. The second kappa shape index (κ2) is 6.96. The van der Waals surface area contributed by atoms with Crippen molar-refractivity contribution in [2.45, 2.75) is 84.8 Å². The molecule has 6 nitrogen and oxygen atoms in total. The van der Waals surface area contributed by atoms with Crippen LogP contribution in [0.5, 0.6) is 0 Å². The number of rotatable bonds is 4. The normalized spacial score (nSPS) is 18.6. The van der Waals surface area contributed by atoms with Gasteiger partial charge in [0.2, 0.25) is 0 Å². The van der Waals surface area contributed by atoms with Crippen molar-refractivity contribution in [1.29, 1.82) is 0 Å². The van der Waals surface area contributed by atoms with E-state index in [0.717, 1.165) is 19.3 Å². The van der Waals surface area contributed by atoms with Gasteiger partial charge < -0.3 is 0 Å². The predicted molar refractivity (Wildman–Crippen MR) is 79.4 cm³/mol. The van der Waals surface area contributed by atoms with E-state index >= 15 is 0 Å². The molecule has 1 rings (SSSR count). The van der Waals surface area contributed by atoms with Crippen molar-refractivity contribution in [2.24, 2.45) is 5.41 Å². The summed E-state index contributed by atoms with van der Waals surface area (Å²) in [6, 6.07) is 0. The maximum atomic E-state index is 12.4. The van der Waals surface area contributed by atoms with Crippen molar-refractivity contribution >= 4 is 11.9 Å². The summed E-state index contributed by atoms with van der Waals surface area (Å²) >= 11 is 0. The van der Waals surface area contributed by atoms with Crippen molar-refractivity contribution in [2.75, 3.05) is 0 Å². The van der Waals surface area contributed by atoms with Gasteiger partial charge in [0.05, 0.1) is 0 Å². The predicted octanol–water partition coefficient (Wildman–Crippen LogP) is 3.48. The van der Waals surface area contributed by atoms with Crippen LogP contribution in [0.2, 0.25) is 0 Å². The van der Waals surface area contributed by atoms with E-state index in [-0.39, 0.29) is 0 Å². The minimum atomic E-state index is -1.34. The van der Waals surface area contributed by atoms with Crippen molar-refractivity contribution in [3.63, 3.8) is 0 Å². The maximum absolute atomic E-state index is 12.4. The molecule has 0 aromatic carbocycles. The second-order valence-electron chi connectivity index (χ2n) is 7.78. The van der Waals surface area contributed by atoms with Crippen LogP contribution in [-0.4, -0.2) is 23.1 Å². The topological polar surface area (TPSA) is 71.1 Å². The summed E-state index contributed by atoms with van der Waals surface area (Å²) in [5.41, 5.74) is -2.62. The Morgan fingerprint density at radius 1 is 0.727 bits per heavy atom. The first-order valence-corrected chi connectivity index (χ1v) is 7.77. The van der Waals surface area contributed by atoms with Gasteiger partial charge in [-0.25, -0.2) is 9.59 Å². The standard InChI is InChI=1S/C16H28O6/c1-14(2,3)21-19-12(17)16(10-8-7-9-11-16)13(18)20-22-15(4,5)6/h7-11H2,1-6H3. The number of hydrogen-bond donors (Lipinski definition) is 0.